The second kappa shape index (κ2) is 8.04. The van der Waals surface area contributed by atoms with Crippen molar-refractivity contribution >= 4 is 52.4 Å². The molecule has 0 radical (unpaired) electrons. The van der Waals surface area contributed by atoms with E-state index in [2.05, 4.69) is 5.32 Å². The summed E-state index contributed by atoms with van der Waals surface area (Å²) in [6, 6.07) is 11.2. The molecule has 1 aliphatic rings. The fourth-order valence-electron chi connectivity index (χ4n) is 2.70. The maximum atomic E-state index is 12.8. The lowest BCUT2D eigenvalue weighted by molar-refractivity contribution is -0.120. The summed E-state index contributed by atoms with van der Waals surface area (Å²) in [6.45, 7) is 3.76. The van der Waals surface area contributed by atoms with Gasteiger partial charge in [-0.25, -0.2) is 9.69 Å². The molecule has 1 heterocycles. The van der Waals surface area contributed by atoms with Gasteiger partial charge in [0.25, 0.3) is 11.8 Å². The second-order valence-corrected chi connectivity index (χ2v) is 6.80. The van der Waals surface area contributed by atoms with Crippen molar-refractivity contribution in [1.82, 2.24) is 0 Å². The van der Waals surface area contributed by atoms with E-state index in [1.54, 1.807) is 50.2 Å². The molecule has 6 nitrogen and oxygen atoms in total. The van der Waals surface area contributed by atoms with Crippen LogP contribution in [0.2, 0.25) is 5.02 Å². The van der Waals surface area contributed by atoms with Crippen molar-refractivity contribution in [3.05, 3.63) is 69.3 Å². The molecule has 28 heavy (non-hydrogen) atoms. The molecule has 2 aromatic rings. The molecule has 0 fully saturated rings. The van der Waals surface area contributed by atoms with Crippen molar-refractivity contribution in [1.29, 1.82) is 0 Å². The Morgan fingerprint density at radius 1 is 1.07 bits per heavy atom. The van der Waals surface area contributed by atoms with E-state index in [-0.39, 0.29) is 17.3 Å². The van der Waals surface area contributed by atoms with Gasteiger partial charge in [0.2, 0.25) is 0 Å². The number of hydrogen-bond acceptors (Lipinski definition) is 5. The predicted octanol–water partition coefficient (Wildman–Crippen LogP) is 4.26. The fourth-order valence-corrected chi connectivity index (χ4v) is 3.08. The summed E-state index contributed by atoms with van der Waals surface area (Å²) >= 11 is 12.1. The summed E-state index contributed by atoms with van der Waals surface area (Å²) in [4.78, 5) is 38.1. The van der Waals surface area contributed by atoms with Gasteiger partial charge in [-0.15, -0.1) is 0 Å². The first kappa shape index (κ1) is 19.9. The minimum Gasteiger partial charge on any atom is -0.462 e. The van der Waals surface area contributed by atoms with Gasteiger partial charge in [-0.2, -0.15) is 0 Å². The Morgan fingerprint density at radius 2 is 1.75 bits per heavy atom. The number of carbonyl (C=O) groups excluding carboxylic acids is 3. The molecule has 0 aromatic heterocycles. The minimum atomic E-state index is -0.636. The Bertz CT molecular complexity index is 1000. The monoisotopic (exact) mass is 418 g/mol. The summed E-state index contributed by atoms with van der Waals surface area (Å²) in [5.41, 5.74) is 1.89. The lowest BCUT2D eigenvalue weighted by atomic mass is 10.2. The average Bonchev–Trinajstić information content (AvgIpc) is 2.88. The standard InChI is InChI=1S/C20H16Cl2N2O4/c1-3-28-20(27)12-5-8-14(9-6-12)23-17-16(22)18(25)24(19(17)26)15-10-13(21)7-4-11(15)2/h4-10,23H,3H2,1-2H3. The zero-order valence-corrected chi connectivity index (χ0v) is 16.6. The van der Waals surface area contributed by atoms with Gasteiger partial charge in [0.15, 0.2) is 0 Å². The van der Waals surface area contributed by atoms with Crippen molar-refractivity contribution in [3.8, 4) is 0 Å². The molecule has 0 bridgehead atoms. The van der Waals surface area contributed by atoms with Gasteiger partial charge in [0.1, 0.15) is 10.7 Å². The van der Waals surface area contributed by atoms with E-state index in [1.807, 2.05) is 0 Å². The third-order valence-electron chi connectivity index (χ3n) is 4.10. The summed E-state index contributed by atoms with van der Waals surface area (Å²) in [5.74, 6) is -1.67. The minimum absolute atomic E-state index is 0.0464. The third-order valence-corrected chi connectivity index (χ3v) is 4.69. The van der Waals surface area contributed by atoms with E-state index < -0.39 is 17.8 Å². The number of nitrogens with zero attached hydrogens (tertiary/aromatic N) is 1. The van der Waals surface area contributed by atoms with Crippen LogP contribution in [0.15, 0.2) is 53.2 Å². The summed E-state index contributed by atoms with van der Waals surface area (Å²) in [5, 5.41) is 3.03. The predicted molar refractivity (Wildman–Crippen MR) is 108 cm³/mol. The zero-order chi connectivity index (χ0) is 20.4. The van der Waals surface area contributed by atoms with E-state index in [0.29, 0.717) is 27.5 Å². The van der Waals surface area contributed by atoms with Gasteiger partial charge in [-0.3, -0.25) is 9.59 Å². The summed E-state index contributed by atoms with van der Waals surface area (Å²) in [6.07, 6.45) is 0. The third kappa shape index (κ3) is 3.74. The van der Waals surface area contributed by atoms with Crippen molar-refractivity contribution in [2.45, 2.75) is 13.8 Å². The van der Waals surface area contributed by atoms with E-state index in [1.165, 1.54) is 6.07 Å². The van der Waals surface area contributed by atoms with Crippen LogP contribution >= 0.6 is 23.2 Å². The number of nitrogens with one attached hydrogen (secondary N) is 1. The molecule has 0 saturated carbocycles. The first-order valence-electron chi connectivity index (χ1n) is 8.42. The molecule has 0 aliphatic carbocycles. The molecule has 0 spiro atoms. The molecule has 3 rings (SSSR count). The number of carbonyl (C=O) groups is 3. The molecule has 8 heteroatoms. The van der Waals surface area contributed by atoms with Gasteiger partial charge in [0.05, 0.1) is 17.9 Å². The SMILES string of the molecule is CCOC(=O)c1ccc(NC2=C(Cl)C(=O)N(c3cc(Cl)ccc3C)C2=O)cc1. The maximum absolute atomic E-state index is 12.8. The van der Waals surface area contributed by atoms with E-state index >= 15 is 0 Å². The van der Waals surface area contributed by atoms with Gasteiger partial charge in [-0.05, 0) is 55.8 Å². The zero-order valence-electron chi connectivity index (χ0n) is 15.1. The molecule has 0 atom stereocenters. The van der Waals surface area contributed by atoms with Gasteiger partial charge in [-0.1, -0.05) is 29.3 Å². The van der Waals surface area contributed by atoms with Gasteiger partial charge < -0.3 is 10.1 Å². The topological polar surface area (TPSA) is 75.7 Å². The van der Waals surface area contributed by atoms with E-state index in [0.717, 1.165) is 4.90 Å². The van der Waals surface area contributed by atoms with Crippen LogP contribution in [0, 0.1) is 6.92 Å². The number of halogens is 2. The molecule has 1 aliphatic heterocycles. The van der Waals surface area contributed by atoms with Gasteiger partial charge >= 0.3 is 5.97 Å². The van der Waals surface area contributed by atoms with E-state index in [9.17, 15) is 14.4 Å². The fraction of sp³-hybridized carbons (Fsp3) is 0.150. The number of rotatable bonds is 5. The van der Waals surface area contributed by atoms with Crippen LogP contribution in [-0.4, -0.2) is 24.4 Å². The Balaban J connectivity index is 1.85. The van der Waals surface area contributed by atoms with Crippen LogP contribution < -0.4 is 10.2 Å². The van der Waals surface area contributed by atoms with Crippen molar-refractivity contribution < 1.29 is 19.1 Å². The van der Waals surface area contributed by atoms with E-state index in [4.69, 9.17) is 27.9 Å². The quantitative estimate of drug-likeness (QED) is 0.579. The van der Waals surface area contributed by atoms with Crippen LogP contribution in [0.4, 0.5) is 11.4 Å². The normalized spacial score (nSPS) is 13.9. The van der Waals surface area contributed by atoms with Crippen LogP contribution in [0.5, 0.6) is 0 Å². The Kier molecular flexibility index (Phi) is 5.72. The highest BCUT2D eigenvalue weighted by Gasteiger charge is 2.39. The highest BCUT2D eigenvalue weighted by Crippen LogP contribution is 2.33. The van der Waals surface area contributed by atoms with Gasteiger partial charge in [0, 0.05) is 10.7 Å². The Labute approximate surface area is 171 Å². The molecule has 0 unspecified atom stereocenters. The summed E-state index contributed by atoms with van der Waals surface area (Å²) in [7, 11) is 0. The average molecular weight is 419 g/mol. The van der Waals surface area contributed by atoms with Crippen molar-refractivity contribution in [3.63, 3.8) is 0 Å². The number of benzene rings is 2. The lowest BCUT2D eigenvalue weighted by Gasteiger charge is -2.17. The Hall–Kier alpha value is -2.83. The molecular formula is C20H16Cl2N2O4. The van der Waals surface area contributed by atoms with Crippen molar-refractivity contribution in [2.75, 3.05) is 16.8 Å². The highest BCUT2D eigenvalue weighted by atomic mass is 35.5. The highest BCUT2D eigenvalue weighted by molar-refractivity contribution is 6.53. The number of aryl methyl sites for hydroxylation is 1. The molecule has 144 valence electrons. The number of imide groups is 1. The molecule has 2 amide bonds. The number of esters is 1. The lowest BCUT2D eigenvalue weighted by Crippen LogP contribution is -2.32. The second-order valence-electron chi connectivity index (χ2n) is 5.99. The number of ether oxygens (including phenoxy) is 1. The summed E-state index contributed by atoms with van der Waals surface area (Å²) < 4.78 is 4.93. The number of amides is 2. The molecule has 2 aromatic carbocycles. The maximum Gasteiger partial charge on any atom is 0.338 e. The largest absolute Gasteiger partial charge is 0.462 e. The Morgan fingerprint density at radius 3 is 2.39 bits per heavy atom. The number of anilines is 2. The molecule has 1 N–H and O–H groups in total. The van der Waals surface area contributed by atoms with Crippen LogP contribution in [0.25, 0.3) is 0 Å². The molecule has 0 saturated heterocycles. The van der Waals surface area contributed by atoms with Crippen LogP contribution in [-0.2, 0) is 14.3 Å². The first-order valence-corrected chi connectivity index (χ1v) is 9.18. The number of hydrogen-bond donors (Lipinski definition) is 1. The van der Waals surface area contributed by atoms with Crippen LogP contribution in [0.1, 0.15) is 22.8 Å². The van der Waals surface area contributed by atoms with Crippen LogP contribution in [0.3, 0.4) is 0 Å². The van der Waals surface area contributed by atoms with Crippen molar-refractivity contribution in [2.24, 2.45) is 0 Å². The smallest absolute Gasteiger partial charge is 0.338 e. The first-order chi connectivity index (χ1) is 13.3. The molecular weight excluding hydrogens is 403 g/mol.